The molecule has 0 spiro atoms. The molecule has 29 heavy (non-hydrogen) atoms. The molecule has 1 aromatic carbocycles. The lowest BCUT2D eigenvalue weighted by atomic mass is 9.89. The van der Waals surface area contributed by atoms with E-state index in [9.17, 15) is 19.8 Å². The molecule has 9 heteroatoms. The van der Waals surface area contributed by atoms with Crippen molar-refractivity contribution in [1.29, 1.82) is 0 Å². The zero-order chi connectivity index (χ0) is 20.7. The normalized spacial score (nSPS) is 26.3. The van der Waals surface area contributed by atoms with E-state index in [1.807, 2.05) is 11.0 Å². The van der Waals surface area contributed by atoms with Crippen molar-refractivity contribution < 1.29 is 14.6 Å². The van der Waals surface area contributed by atoms with Crippen LogP contribution in [-0.4, -0.2) is 44.8 Å². The van der Waals surface area contributed by atoms with E-state index in [4.69, 9.17) is 5.84 Å². The van der Waals surface area contributed by atoms with E-state index in [2.05, 4.69) is 0 Å². The molecule has 2 fully saturated rings. The summed E-state index contributed by atoms with van der Waals surface area (Å²) in [6, 6.07) is 1.11. The quantitative estimate of drug-likeness (QED) is 0.498. The largest absolute Gasteiger partial charge is 0.393 e. The van der Waals surface area contributed by atoms with Gasteiger partial charge in [-0.2, -0.15) is 4.68 Å². The summed E-state index contributed by atoms with van der Waals surface area (Å²) in [5, 5.41) is 20.3. The highest BCUT2D eigenvalue weighted by atomic mass is 19.1. The number of anilines is 1. The number of hydrogen-bond acceptors (Lipinski definition) is 6. The summed E-state index contributed by atoms with van der Waals surface area (Å²) < 4.78 is 17.3. The van der Waals surface area contributed by atoms with E-state index in [-0.39, 0.29) is 24.0 Å². The molecule has 2 unspecified atom stereocenters. The summed E-state index contributed by atoms with van der Waals surface area (Å²) in [6.45, 7) is 2.13. The van der Waals surface area contributed by atoms with Crippen LogP contribution in [0.2, 0.25) is 0 Å². The molecule has 2 atom stereocenters. The number of aliphatic hydroxyl groups excluding tert-OH is 1. The zero-order valence-corrected chi connectivity index (χ0v) is 16.1. The van der Waals surface area contributed by atoms with Crippen LogP contribution in [-0.2, 0) is 0 Å². The van der Waals surface area contributed by atoms with Crippen molar-refractivity contribution in [2.24, 2.45) is 5.92 Å². The summed E-state index contributed by atoms with van der Waals surface area (Å²) >= 11 is 0. The Kier molecular flexibility index (Phi) is 3.76. The highest BCUT2D eigenvalue weighted by Gasteiger charge is 2.47. The fourth-order valence-electron chi connectivity index (χ4n) is 4.97. The van der Waals surface area contributed by atoms with Crippen LogP contribution in [0.1, 0.15) is 30.9 Å². The van der Waals surface area contributed by atoms with Crippen molar-refractivity contribution in [2.45, 2.75) is 37.8 Å². The van der Waals surface area contributed by atoms with Gasteiger partial charge in [-0.3, -0.25) is 9.36 Å². The van der Waals surface area contributed by atoms with Crippen molar-refractivity contribution in [2.75, 3.05) is 30.4 Å². The second-order valence-corrected chi connectivity index (χ2v) is 8.47. The molecule has 2 aromatic rings. The van der Waals surface area contributed by atoms with Crippen LogP contribution < -0.4 is 22.0 Å². The van der Waals surface area contributed by atoms with Gasteiger partial charge in [-0.25, -0.2) is 9.18 Å². The van der Waals surface area contributed by atoms with Crippen LogP contribution in [0.4, 0.5) is 10.1 Å². The van der Waals surface area contributed by atoms with Gasteiger partial charge in [0.1, 0.15) is 5.82 Å². The summed E-state index contributed by atoms with van der Waals surface area (Å²) in [5.74, 6) is 4.82. The molecule has 2 aliphatic carbocycles. The maximum atomic E-state index is 15.2. The number of halogens is 1. The SMILES string of the molecule is Cc1c(N2CC3=CCC(O)(CO)C3C2)c(F)cc2c(=O)n(N)c(=O)n(C3CC3)c12. The number of rotatable bonds is 3. The van der Waals surface area contributed by atoms with Crippen LogP contribution >= 0.6 is 0 Å². The summed E-state index contributed by atoms with van der Waals surface area (Å²) in [5.41, 5.74) is -0.325. The number of fused-ring (bicyclic) bond motifs is 2. The van der Waals surface area contributed by atoms with Crippen molar-refractivity contribution in [3.8, 4) is 0 Å². The van der Waals surface area contributed by atoms with E-state index >= 15 is 4.39 Å². The van der Waals surface area contributed by atoms with Crippen LogP contribution in [0.15, 0.2) is 27.3 Å². The molecule has 3 aliphatic rings. The molecule has 8 nitrogen and oxygen atoms in total. The van der Waals surface area contributed by atoms with Crippen LogP contribution in [0.5, 0.6) is 0 Å². The highest BCUT2D eigenvalue weighted by molar-refractivity contribution is 5.87. The second kappa shape index (κ2) is 5.93. The number of nitrogens with two attached hydrogens (primary N) is 1. The Morgan fingerprint density at radius 1 is 1.34 bits per heavy atom. The van der Waals surface area contributed by atoms with Gasteiger partial charge in [0.15, 0.2) is 0 Å². The molecule has 0 amide bonds. The van der Waals surface area contributed by atoms with Gasteiger partial charge in [0.2, 0.25) is 0 Å². The number of nitrogens with zero attached hydrogens (tertiary/aromatic N) is 3. The molecule has 1 saturated carbocycles. The van der Waals surface area contributed by atoms with Crippen molar-refractivity contribution >= 4 is 16.6 Å². The second-order valence-electron chi connectivity index (χ2n) is 8.47. The molecular weight excluding hydrogens is 379 g/mol. The predicted molar refractivity (Wildman–Crippen MR) is 106 cm³/mol. The molecule has 5 rings (SSSR count). The fraction of sp³-hybridized carbons (Fsp3) is 0.500. The molecule has 0 radical (unpaired) electrons. The molecule has 4 N–H and O–H groups in total. The standard InChI is InChI=1S/C20H23FN4O4/c1-10-16-13(18(27)25(22)19(28)24(16)12-2-3-12)6-15(21)17(10)23-7-11-4-5-20(29,9-26)14(11)8-23/h4,6,12,14,26,29H,2-3,5,7-9,22H2,1H3. The first-order valence-electron chi connectivity index (χ1n) is 9.79. The fourth-order valence-corrected chi connectivity index (χ4v) is 4.97. The Hall–Kier alpha value is -2.65. The lowest BCUT2D eigenvalue weighted by molar-refractivity contribution is -0.0344. The van der Waals surface area contributed by atoms with Gasteiger partial charge < -0.3 is 21.0 Å². The van der Waals surface area contributed by atoms with Crippen LogP contribution in [0.25, 0.3) is 10.9 Å². The van der Waals surface area contributed by atoms with Crippen LogP contribution in [0.3, 0.4) is 0 Å². The molecule has 1 aliphatic heterocycles. The first kappa shape index (κ1) is 18.4. The van der Waals surface area contributed by atoms with Gasteiger partial charge in [-0.15, -0.1) is 0 Å². The van der Waals surface area contributed by atoms with Crippen molar-refractivity contribution in [3.05, 3.63) is 49.9 Å². The van der Waals surface area contributed by atoms with E-state index in [0.29, 0.717) is 41.0 Å². The number of aliphatic hydroxyl groups is 2. The van der Waals surface area contributed by atoms with Crippen molar-refractivity contribution in [1.82, 2.24) is 9.24 Å². The van der Waals surface area contributed by atoms with E-state index in [1.165, 1.54) is 4.57 Å². The predicted octanol–water partition coefficient (Wildman–Crippen LogP) is 0.149. The third-order valence-electron chi connectivity index (χ3n) is 6.66. The third kappa shape index (κ3) is 2.43. The lowest BCUT2D eigenvalue weighted by Crippen LogP contribution is -2.45. The highest BCUT2D eigenvalue weighted by Crippen LogP contribution is 2.44. The number of aromatic nitrogens is 2. The van der Waals surface area contributed by atoms with Gasteiger partial charge in [0.05, 0.1) is 28.8 Å². The Morgan fingerprint density at radius 2 is 2.07 bits per heavy atom. The Balaban J connectivity index is 1.71. The van der Waals surface area contributed by atoms with Gasteiger partial charge >= 0.3 is 5.69 Å². The number of hydrogen-bond donors (Lipinski definition) is 3. The molecule has 1 aromatic heterocycles. The Morgan fingerprint density at radius 3 is 2.72 bits per heavy atom. The molecule has 154 valence electrons. The maximum Gasteiger partial charge on any atom is 0.350 e. The van der Waals surface area contributed by atoms with Gasteiger partial charge in [-0.05, 0) is 37.8 Å². The number of nitrogen functional groups attached to an aromatic ring is 1. The monoisotopic (exact) mass is 402 g/mol. The maximum absolute atomic E-state index is 15.2. The minimum Gasteiger partial charge on any atom is -0.393 e. The van der Waals surface area contributed by atoms with E-state index < -0.39 is 22.7 Å². The topological polar surface area (TPSA) is 114 Å². The van der Waals surface area contributed by atoms with Gasteiger partial charge in [0, 0.05) is 30.6 Å². The first-order valence-corrected chi connectivity index (χ1v) is 9.79. The Labute approximate surface area is 165 Å². The summed E-state index contributed by atoms with van der Waals surface area (Å²) in [7, 11) is 0. The molecular formula is C20H23FN4O4. The minimum atomic E-state index is -1.23. The minimum absolute atomic E-state index is 0.0439. The zero-order valence-electron chi connectivity index (χ0n) is 16.1. The van der Waals surface area contributed by atoms with E-state index in [1.54, 1.807) is 6.92 Å². The smallest absolute Gasteiger partial charge is 0.350 e. The van der Waals surface area contributed by atoms with Crippen LogP contribution in [0, 0.1) is 18.7 Å². The van der Waals surface area contributed by atoms with Gasteiger partial charge in [0.25, 0.3) is 5.56 Å². The lowest BCUT2D eigenvalue weighted by Gasteiger charge is -2.29. The summed E-state index contributed by atoms with van der Waals surface area (Å²) in [6.07, 6.45) is 3.90. The number of benzene rings is 1. The molecule has 1 saturated heterocycles. The third-order valence-corrected chi connectivity index (χ3v) is 6.66. The Bertz CT molecular complexity index is 1200. The first-order chi connectivity index (χ1) is 13.8. The summed E-state index contributed by atoms with van der Waals surface area (Å²) in [4.78, 5) is 27.0. The average Bonchev–Trinajstić information content (AvgIpc) is 3.36. The number of aryl methyl sites for hydroxylation is 1. The molecule has 0 bridgehead atoms. The average molecular weight is 402 g/mol. The van der Waals surface area contributed by atoms with E-state index in [0.717, 1.165) is 24.5 Å². The van der Waals surface area contributed by atoms with Crippen molar-refractivity contribution in [3.63, 3.8) is 0 Å². The molecule has 2 heterocycles. The van der Waals surface area contributed by atoms with Gasteiger partial charge in [-0.1, -0.05) is 6.08 Å².